The van der Waals surface area contributed by atoms with Crippen molar-refractivity contribution in [1.29, 1.82) is 0 Å². The van der Waals surface area contributed by atoms with Gasteiger partial charge in [-0.2, -0.15) is 18.3 Å². The van der Waals surface area contributed by atoms with Crippen molar-refractivity contribution in [2.24, 2.45) is 0 Å². The molecule has 2 N–H and O–H groups in total. The molecule has 18 heavy (non-hydrogen) atoms. The van der Waals surface area contributed by atoms with Gasteiger partial charge in [-0.05, 0) is 6.92 Å². The number of nitrogens with zero attached hydrogens (tertiary/aromatic N) is 2. The Morgan fingerprint density at radius 1 is 1.56 bits per heavy atom. The van der Waals surface area contributed by atoms with Crippen molar-refractivity contribution < 1.29 is 18.0 Å². The number of alkyl halides is 3. The summed E-state index contributed by atoms with van der Waals surface area (Å²) in [6.45, 7) is 3.47. The van der Waals surface area contributed by atoms with E-state index in [4.69, 9.17) is 0 Å². The van der Waals surface area contributed by atoms with Gasteiger partial charge in [0.05, 0.1) is 0 Å². The Hall–Kier alpha value is -1.57. The molecule has 1 aromatic heterocycles. The first-order chi connectivity index (χ1) is 8.38. The summed E-state index contributed by atoms with van der Waals surface area (Å²) in [6, 6.07) is 0.874. The molecule has 1 aliphatic heterocycles. The summed E-state index contributed by atoms with van der Waals surface area (Å²) in [4.78, 5) is 13.4. The zero-order valence-electron chi connectivity index (χ0n) is 9.71. The van der Waals surface area contributed by atoms with Crippen molar-refractivity contribution in [2.45, 2.75) is 19.1 Å². The van der Waals surface area contributed by atoms with E-state index in [9.17, 15) is 18.0 Å². The summed E-state index contributed by atoms with van der Waals surface area (Å²) in [5.41, 5.74) is -1.20. The Kier molecular flexibility index (Phi) is 3.29. The minimum atomic E-state index is -4.51. The van der Waals surface area contributed by atoms with Gasteiger partial charge in [-0.25, -0.2) is 0 Å². The standard InChI is InChI=1S/C10H13F3N4O/c1-6-5-17(3-2-14-6)9(18)7-4-8(16-15-7)10(11,12)13/h4,6,14H,2-3,5H2,1H3,(H,15,16)/t6-/m1/s1. The van der Waals surface area contributed by atoms with E-state index in [1.54, 1.807) is 0 Å². The van der Waals surface area contributed by atoms with Gasteiger partial charge >= 0.3 is 6.18 Å². The van der Waals surface area contributed by atoms with E-state index in [2.05, 4.69) is 10.4 Å². The van der Waals surface area contributed by atoms with Crippen molar-refractivity contribution in [1.82, 2.24) is 20.4 Å². The number of piperazine rings is 1. The lowest BCUT2D eigenvalue weighted by Gasteiger charge is -2.31. The Morgan fingerprint density at radius 2 is 2.28 bits per heavy atom. The fraction of sp³-hybridized carbons (Fsp3) is 0.600. The molecule has 2 rings (SSSR count). The van der Waals surface area contributed by atoms with Gasteiger partial charge in [0, 0.05) is 31.7 Å². The summed E-state index contributed by atoms with van der Waals surface area (Å²) in [7, 11) is 0. The van der Waals surface area contributed by atoms with Crippen LogP contribution in [-0.4, -0.2) is 46.7 Å². The van der Waals surface area contributed by atoms with E-state index >= 15 is 0 Å². The second kappa shape index (κ2) is 4.60. The fourth-order valence-electron chi connectivity index (χ4n) is 1.86. The highest BCUT2D eigenvalue weighted by Crippen LogP contribution is 2.27. The lowest BCUT2D eigenvalue weighted by Crippen LogP contribution is -2.51. The highest BCUT2D eigenvalue weighted by molar-refractivity contribution is 5.92. The molecular formula is C10H13F3N4O. The molecular weight excluding hydrogens is 249 g/mol. The molecule has 0 spiro atoms. The Morgan fingerprint density at radius 3 is 2.83 bits per heavy atom. The average molecular weight is 262 g/mol. The highest BCUT2D eigenvalue weighted by Gasteiger charge is 2.34. The molecule has 0 aromatic carbocycles. The van der Waals surface area contributed by atoms with Gasteiger partial charge in [-0.1, -0.05) is 0 Å². The Labute approximate surface area is 101 Å². The van der Waals surface area contributed by atoms with Crippen molar-refractivity contribution in [3.8, 4) is 0 Å². The number of hydrogen-bond donors (Lipinski definition) is 2. The summed E-state index contributed by atoms with van der Waals surface area (Å²) in [5.74, 6) is -0.477. The largest absolute Gasteiger partial charge is 0.432 e. The number of aromatic nitrogens is 2. The average Bonchev–Trinajstić information content (AvgIpc) is 2.77. The van der Waals surface area contributed by atoms with Crippen LogP contribution >= 0.6 is 0 Å². The second-order valence-corrected chi connectivity index (χ2v) is 4.27. The summed E-state index contributed by atoms with van der Waals surface area (Å²) < 4.78 is 37.1. The van der Waals surface area contributed by atoms with E-state index < -0.39 is 17.8 Å². The van der Waals surface area contributed by atoms with E-state index in [1.165, 1.54) is 4.90 Å². The van der Waals surface area contributed by atoms with Gasteiger partial charge in [-0.3, -0.25) is 9.89 Å². The topological polar surface area (TPSA) is 61.0 Å². The lowest BCUT2D eigenvalue weighted by atomic mass is 10.2. The molecule has 0 radical (unpaired) electrons. The molecule has 0 saturated carbocycles. The smallest absolute Gasteiger partial charge is 0.334 e. The minimum Gasteiger partial charge on any atom is -0.334 e. The van der Waals surface area contributed by atoms with Crippen molar-refractivity contribution in [3.63, 3.8) is 0 Å². The number of amides is 1. The van der Waals surface area contributed by atoms with Gasteiger partial charge in [-0.15, -0.1) is 0 Å². The number of nitrogens with one attached hydrogen (secondary N) is 2. The van der Waals surface area contributed by atoms with Crippen LogP contribution in [0.3, 0.4) is 0 Å². The molecule has 1 aromatic rings. The van der Waals surface area contributed by atoms with Crippen LogP contribution in [0.15, 0.2) is 6.07 Å². The van der Waals surface area contributed by atoms with E-state index in [0.717, 1.165) is 6.07 Å². The number of aromatic amines is 1. The van der Waals surface area contributed by atoms with E-state index in [0.29, 0.717) is 19.6 Å². The van der Waals surface area contributed by atoms with Gasteiger partial charge < -0.3 is 10.2 Å². The minimum absolute atomic E-state index is 0.128. The van der Waals surface area contributed by atoms with Crippen LogP contribution in [0.2, 0.25) is 0 Å². The molecule has 1 aliphatic rings. The van der Waals surface area contributed by atoms with Crippen LogP contribution in [0.4, 0.5) is 13.2 Å². The molecule has 0 aliphatic carbocycles. The van der Waals surface area contributed by atoms with Crippen LogP contribution < -0.4 is 5.32 Å². The van der Waals surface area contributed by atoms with E-state index in [1.807, 2.05) is 12.0 Å². The number of hydrogen-bond acceptors (Lipinski definition) is 3. The molecule has 1 saturated heterocycles. The van der Waals surface area contributed by atoms with Crippen LogP contribution in [0.25, 0.3) is 0 Å². The maximum Gasteiger partial charge on any atom is 0.432 e. The summed E-state index contributed by atoms with van der Waals surface area (Å²) >= 11 is 0. The zero-order chi connectivity index (χ0) is 13.3. The van der Waals surface area contributed by atoms with Gasteiger partial charge in [0.25, 0.3) is 5.91 Å². The second-order valence-electron chi connectivity index (χ2n) is 4.27. The highest BCUT2D eigenvalue weighted by atomic mass is 19.4. The molecule has 100 valence electrons. The first-order valence-corrected chi connectivity index (χ1v) is 5.53. The molecule has 1 fully saturated rings. The maximum atomic E-state index is 12.4. The first kappa shape index (κ1) is 12.9. The van der Waals surface area contributed by atoms with Crippen LogP contribution in [-0.2, 0) is 6.18 Å². The fourth-order valence-corrected chi connectivity index (χ4v) is 1.86. The molecule has 2 heterocycles. The van der Waals surface area contributed by atoms with Crippen LogP contribution in [0.1, 0.15) is 23.1 Å². The van der Waals surface area contributed by atoms with Gasteiger partial charge in [0.15, 0.2) is 5.69 Å². The quantitative estimate of drug-likeness (QED) is 0.789. The molecule has 8 heteroatoms. The molecule has 1 amide bonds. The van der Waals surface area contributed by atoms with Gasteiger partial charge in [0.2, 0.25) is 0 Å². The number of halogens is 3. The summed E-state index contributed by atoms with van der Waals surface area (Å²) in [6.07, 6.45) is -4.51. The van der Waals surface area contributed by atoms with E-state index in [-0.39, 0.29) is 11.7 Å². The molecule has 5 nitrogen and oxygen atoms in total. The SMILES string of the molecule is C[C@@H]1CN(C(=O)c2cc(C(F)(F)F)[nH]n2)CCN1. The first-order valence-electron chi connectivity index (χ1n) is 5.53. The van der Waals surface area contributed by atoms with Crippen molar-refractivity contribution in [3.05, 3.63) is 17.5 Å². The number of carbonyl (C=O) groups excluding carboxylic acids is 1. The van der Waals surface area contributed by atoms with Crippen LogP contribution in [0, 0.1) is 0 Å². The van der Waals surface area contributed by atoms with Crippen LogP contribution in [0.5, 0.6) is 0 Å². The number of H-pyrrole nitrogens is 1. The Bertz CT molecular complexity index is 443. The normalized spacial score (nSPS) is 21.1. The number of carbonyl (C=O) groups is 1. The van der Waals surface area contributed by atoms with Gasteiger partial charge in [0.1, 0.15) is 5.69 Å². The predicted octanol–water partition coefficient (Wildman–Crippen LogP) is 0.862. The third kappa shape index (κ3) is 2.63. The Balaban J connectivity index is 2.11. The molecule has 0 unspecified atom stereocenters. The maximum absolute atomic E-state index is 12.4. The third-order valence-corrected chi connectivity index (χ3v) is 2.76. The van der Waals surface area contributed by atoms with Crippen molar-refractivity contribution >= 4 is 5.91 Å². The van der Waals surface area contributed by atoms with Crippen molar-refractivity contribution in [2.75, 3.05) is 19.6 Å². The summed E-state index contributed by atoms with van der Waals surface area (Å²) in [5, 5.41) is 8.41. The molecule has 1 atom stereocenters. The molecule has 0 bridgehead atoms. The lowest BCUT2D eigenvalue weighted by molar-refractivity contribution is -0.141. The monoisotopic (exact) mass is 262 g/mol. The predicted molar refractivity (Wildman–Crippen MR) is 57.0 cm³/mol. The number of rotatable bonds is 1. The zero-order valence-corrected chi connectivity index (χ0v) is 9.71. The third-order valence-electron chi connectivity index (χ3n) is 2.76.